The van der Waals surface area contributed by atoms with Crippen LogP contribution in [0.5, 0.6) is 0 Å². The summed E-state index contributed by atoms with van der Waals surface area (Å²) in [6.07, 6.45) is 5.48. The smallest absolute Gasteiger partial charge is 0.0802 e. The lowest BCUT2D eigenvalue weighted by atomic mass is 10.0. The molecule has 0 spiro atoms. The van der Waals surface area contributed by atoms with Crippen molar-refractivity contribution in [3.8, 4) is 0 Å². The van der Waals surface area contributed by atoms with E-state index in [1.54, 1.807) is 0 Å². The van der Waals surface area contributed by atoms with Gasteiger partial charge in [-0.05, 0) is 43.4 Å². The van der Waals surface area contributed by atoms with Crippen LogP contribution < -0.4 is 5.73 Å². The number of hydrogen-bond donors (Lipinski definition) is 3. The second kappa shape index (κ2) is 9.09. The van der Waals surface area contributed by atoms with E-state index in [0.29, 0.717) is 19.6 Å². The molecule has 0 aliphatic carbocycles. The van der Waals surface area contributed by atoms with Gasteiger partial charge in [-0.1, -0.05) is 37.1 Å². The standard InChI is InChI=1S/C15H25NO2/c16-10-9-15(18)14-8-5-7-13(12-14)6-3-1-2-4-11-17/h5,7-8,12,15,17-18H,1-4,6,9-11,16H2. The van der Waals surface area contributed by atoms with Crippen LogP contribution in [-0.4, -0.2) is 23.4 Å². The zero-order chi connectivity index (χ0) is 13.2. The van der Waals surface area contributed by atoms with Gasteiger partial charge in [0.2, 0.25) is 0 Å². The van der Waals surface area contributed by atoms with E-state index in [2.05, 4.69) is 12.1 Å². The Morgan fingerprint density at radius 3 is 2.61 bits per heavy atom. The van der Waals surface area contributed by atoms with E-state index in [9.17, 15) is 5.11 Å². The number of unbranched alkanes of at least 4 members (excludes halogenated alkanes) is 3. The molecule has 0 heterocycles. The zero-order valence-electron chi connectivity index (χ0n) is 11.0. The fraction of sp³-hybridized carbons (Fsp3) is 0.600. The van der Waals surface area contributed by atoms with Crippen molar-refractivity contribution in [2.75, 3.05) is 13.2 Å². The highest BCUT2D eigenvalue weighted by Crippen LogP contribution is 2.18. The van der Waals surface area contributed by atoms with Crippen molar-refractivity contribution in [3.63, 3.8) is 0 Å². The van der Waals surface area contributed by atoms with E-state index >= 15 is 0 Å². The summed E-state index contributed by atoms with van der Waals surface area (Å²) in [5, 5.41) is 18.6. The van der Waals surface area contributed by atoms with E-state index in [4.69, 9.17) is 10.8 Å². The molecule has 102 valence electrons. The first-order valence-electron chi connectivity index (χ1n) is 6.85. The van der Waals surface area contributed by atoms with Gasteiger partial charge in [0.25, 0.3) is 0 Å². The van der Waals surface area contributed by atoms with Crippen molar-refractivity contribution in [3.05, 3.63) is 35.4 Å². The minimum Gasteiger partial charge on any atom is -0.396 e. The van der Waals surface area contributed by atoms with Crippen LogP contribution in [0.2, 0.25) is 0 Å². The lowest BCUT2D eigenvalue weighted by molar-refractivity contribution is 0.170. The molecule has 1 unspecified atom stereocenters. The Kier molecular flexibility index (Phi) is 7.65. The Balaban J connectivity index is 2.39. The van der Waals surface area contributed by atoms with Crippen molar-refractivity contribution >= 4 is 0 Å². The van der Waals surface area contributed by atoms with Gasteiger partial charge in [0.1, 0.15) is 0 Å². The van der Waals surface area contributed by atoms with E-state index in [1.165, 1.54) is 5.56 Å². The Morgan fingerprint density at radius 2 is 1.89 bits per heavy atom. The fourth-order valence-electron chi connectivity index (χ4n) is 2.07. The van der Waals surface area contributed by atoms with E-state index in [1.807, 2.05) is 12.1 Å². The van der Waals surface area contributed by atoms with Crippen LogP contribution in [-0.2, 0) is 6.42 Å². The molecule has 0 aliphatic heterocycles. The minimum atomic E-state index is -0.440. The molecular formula is C15H25NO2. The van der Waals surface area contributed by atoms with Crippen molar-refractivity contribution < 1.29 is 10.2 Å². The summed E-state index contributed by atoms with van der Waals surface area (Å²) in [7, 11) is 0. The van der Waals surface area contributed by atoms with E-state index in [-0.39, 0.29) is 0 Å². The van der Waals surface area contributed by atoms with Crippen LogP contribution in [0.4, 0.5) is 0 Å². The largest absolute Gasteiger partial charge is 0.396 e. The fourth-order valence-corrected chi connectivity index (χ4v) is 2.07. The van der Waals surface area contributed by atoms with E-state index in [0.717, 1.165) is 37.7 Å². The second-order valence-corrected chi connectivity index (χ2v) is 4.73. The van der Waals surface area contributed by atoms with Gasteiger partial charge in [0.05, 0.1) is 6.10 Å². The maximum atomic E-state index is 9.88. The molecule has 1 atom stereocenters. The van der Waals surface area contributed by atoms with Crippen LogP contribution in [0, 0.1) is 0 Å². The molecule has 4 N–H and O–H groups in total. The van der Waals surface area contributed by atoms with Gasteiger partial charge < -0.3 is 15.9 Å². The molecule has 3 nitrogen and oxygen atoms in total. The van der Waals surface area contributed by atoms with Gasteiger partial charge in [0, 0.05) is 6.61 Å². The minimum absolute atomic E-state index is 0.292. The molecule has 0 aliphatic rings. The van der Waals surface area contributed by atoms with Crippen LogP contribution in [0.15, 0.2) is 24.3 Å². The number of aliphatic hydroxyl groups excluding tert-OH is 2. The molecule has 0 bridgehead atoms. The molecule has 1 aromatic rings. The molecular weight excluding hydrogens is 226 g/mol. The molecule has 0 aromatic heterocycles. The SMILES string of the molecule is NCCC(O)c1cccc(CCCCCCO)c1. The van der Waals surface area contributed by atoms with Gasteiger partial charge in [-0.3, -0.25) is 0 Å². The van der Waals surface area contributed by atoms with Crippen LogP contribution in [0.25, 0.3) is 0 Å². The average molecular weight is 251 g/mol. The molecule has 1 rings (SSSR count). The number of hydrogen-bond acceptors (Lipinski definition) is 3. The molecule has 0 saturated carbocycles. The van der Waals surface area contributed by atoms with Crippen molar-refractivity contribution in [1.29, 1.82) is 0 Å². The Bertz CT molecular complexity index is 328. The van der Waals surface area contributed by atoms with Gasteiger partial charge in [-0.15, -0.1) is 0 Å². The third-order valence-electron chi connectivity index (χ3n) is 3.15. The average Bonchev–Trinajstić information content (AvgIpc) is 2.39. The summed E-state index contributed by atoms with van der Waals surface area (Å²) in [6, 6.07) is 8.13. The van der Waals surface area contributed by atoms with Gasteiger partial charge in [0.15, 0.2) is 0 Å². The summed E-state index contributed by atoms with van der Waals surface area (Å²) < 4.78 is 0. The molecule has 18 heavy (non-hydrogen) atoms. The Labute approximate surface area is 110 Å². The zero-order valence-corrected chi connectivity index (χ0v) is 11.0. The summed E-state index contributed by atoms with van der Waals surface area (Å²) in [5.41, 5.74) is 7.69. The topological polar surface area (TPSA) is 66.5 Å². The van der Waals surface area contributed by atoms with Gasteiger partial charge >= 0.3 is 0 Å². The first-order valence-corrected chi connectivity index (χ1v) is 6.85. The van der Waals surface area contributed by atoms with Crippen LogP contribution >= 0.6 is 0 Å². The van der Waals surface area contributed by atoms with Crippen molar-refractivity contribution in [1.82, 2.24) is 0 Å². The Morgan fingerprint density at radius 1 is 1.11 bits per heavy atom. The molecule has 0 radical (unpaired) electrons. The summed E-state index contributed by atoms with van der Waals surface area (Å²) in [4.78, 5) is 0. The normalized spacial score (nSPS) is 12.6. The number of benzene rings is 1. The number of nitrogens with two attached hydrogens (primary N) is 1. The van der Waals surface area contributed by atoms with Crippen molar-refractivity contribution in [2.24, 2.45) is 5.73 Å². The maximum absolute atomic E-state index is 9.88. The lowest BCUT2D eigenvalue weighted by Crippen LogP contribution is -2.06. The highest BCUT2D eigenvalue weighted by atomic mass is 16.3. The number of aryl methyl sites for hydroxylation is 1. The molecule has 3 heteroatoms. The predicted molar refractivity (Wildman–Crippen MR) is 74.3 cm³/mol. The molecule has 0 fully saturated rings. The van der Waals surface area contributed by atoms with Gasteiger partial charge in [-0.2, -0.15) is 0 Å². The monoisotopic (exact) mass is 251 g/mol. The third-order valence-corrected chi connectivity index (χ3v) is 3.15. The van der Waals surface area contributed by atoms with Crippen LogP contribution in [0.1, 0.15) is 49.3 Å². The second-order valence-electron chi connectivity index (χ2n) is 4.73. The summed E-state index contributed by atoms with van der Waals surface area (Å²) in [6.45, 7) is 0.799. The quantitative estimate of drug-likeness (QED) is 0.589. The Hall–Kier alpha value is -0.900. The maximum Gasteiger partial charge on any atom is 0.0802 e. The number of aliphatic hydroxyl groups is 2. The molecule has 0 saturated heterocycles. The third kappa shape index (κ3) is 5.63. The highest BCUT2D eigenvalue weighted by molar-refractivity contribution is 5.25. The van der Waals surface area contributed by atoms with Gasteiger partial charge in [-0.25, -0.2) is 0 Å². The van der Waals surface area contributed by atoms with Crippen LogP contribution in [0.3, 0.4) is 0 Å². The lowest BCUT2D eigenvalue weighted by Gasteiger charge is -2.11. The summed E-state index contributed by atoms with van der Waals surface area (Å²) >= 11 is 0. The first-order chi connectivity index (χ1) is 8.77. The highest BCUT2D eigenvalue weighted by Gasteiger charge is 2.06. The number of rotatable bonds is 9. The molecule has 1 aromatic carbocycles. The van der Waals surface area contributed by atoms with E-state index < -0.39 is 6.10 Å². The molecule has 0 amide bonds. The first kappa shape index (κ1) is 15.2. The van der Waals surface area contributed by atoms with Crippen molar-refractivity contribution in [2.45, 2.75) is 44.6 Å². The predicted octanol–water partition coefficient (Wildman–Crippen LogP) is 2.16. The summed E-state index contributed by atoms with van der Waals surface area (Å²) in [5.74, 6) is 0.